The topological polar surface area (TPSA) is 117 Å². The van der Waals surface area contributed by atoms with Gasteiger partial charge < -0.3 is 30.3 Å². The van der Waals surface area contributed by atoms with Crippen molar-refractivity contribution in [3.63, 3.8) is 0 Å². The monoisotopic (exact) mass is 552 g/mol. The number of aliphatic hydroxyl groups is 2. The standard InChI is InChI=1S/C25H39Cl2FN2O6/c26-18-3-1-16(9-15(18)12-31)35-13-22(33)29-24-5-7-25(8-6-24,21(32)11-24)30-23(34)14-36-17-2-4-19(27)20(28)10-17/h15-21,31-32H,1-14H2,(H,29,33)(H,30,34)/t15?,16?,17?,18?,19?,20?,21-,24?,25?/m0/s1. The summed E-state index contributed by atoms with van der Waals surface area (Å²) in [6.07, 6.45) is 3.86. The van der Waals surface area contributed by atoms with Crippen molar-refractivity contribution in [3.05, 3.63) is 0 Å². The zero-order valence-corrected chi connectivity index (χ0v) is 22.1. The molecule has 0 saturated heterocycles. The molecule has 11 heteroatoms. The largest absolute Gasteiger partial charge is 0.396 e. The molecule has 0 aromatic heterocycles. The van der Waals surface area contributed by atoms with E-state index >= 15 is 0 Å². The number of halogens is 3. The number of ether oxygens (including phenoxy) is 2. The second-order valence-electron chi connectivity index (χ2n) is 11.2. The van der Waals surface area contributed by atoms with Gasteiger partial charge in [-0.3, -0.25) is 9.59 Å². The van der Waals surface area contributed by atoms with E-state index in [0.29, 0.717) is 51.4 Å². The number of carbonyl (C=O) groups is 2. The molecule has 5 aliphatic carbocycles. The molecule has 0 radical (unpaired) electrons. The average molecular weight is 553 g/mol. The van der Waals surface area contributed by atoms with Crippen molar-refractivity contribution in [3.8, 4) is 0 Å². The molecule has 2 bridgehead atoms. The van der Waals surface area contributed by atoms with Crippen molar-refractivity contribution in [1.29, 1.82) is 0 Å². The van der Waals surface area contributed by atoms with Gasteiger partial charge in [0.2, 0.25) is 11.8 Å². The molecule has 0 spiro atoms. The van der Waals surface area contributed by atoms with E-state index in [4.69, 9.17) is 32.7 Å². The lowest BCUT2D eigenvalue weighted by Gasteiger charge is -2.56. The maximum atomic E-state index is 13.8. The number of hydrogen-bond donors (Lipinski definition) is 4. The molecule has 36 heavy (non-hydrogen) atoms. The molecule has 8 nitrogen and oxygen atoms in total. The number of amides is 2. The Hall–Kier alpha value is -0.710. The first-order valence-electron chi connectivity index (χ1n) is 13.2. The van der Waals surface area contributed by atoms with Crippen LogP contribution in [0.3, 0.4) is 0 Å². The first kappa shape index (κ1) is 28.3. The average Bonchev–Trinajstić information content (AvgIpc) is 2.85. The third kappa shape index (κ3) is 6.64. The van der Waals surface area contributed by atoms with Gasteiger partial charge in [-0.25, -0.2) is 4.39 Å². The third-order valence-corrected chi connectivity index (χ3v) is 9.80. The number of carbonyl (C=O) groups excluding carboxylic acids is 2. The highest BCUT2D eigenvalue weighted by Crippen LogP contribution is 2.47. The van der Waals surface area contributed by atoms with Gasteiger partial charge in [0.25, 0.3) is 0 Å². The lowest BCUT2D eigenvalue weighted by atomic mass is 9.60. The molecule has 0 aromatic carbocycles. The number of fused-ring (bicyclic) bond motifs is 3. The molecule has 0 aromatic rings. The van der Waals surface area contributed by atoms with Gasteiger partial charge in [-0.15, -0.1) is 23.2 Å². The Morgan fingerprint density at radius 2 is 1.47 bits per heavy atom. The molecule has 6 unspecified atom stereocenters. The van der Waals surface area contributed by atoms with Crippen molar-refractivity contribution in [2.75, 3.05) is 19.8 Å². The summed E-state index contributed by atoms with van der Waals surface area (Å²) < 4.78 is 25.3. The maximum Gasteiger partial charge on any atom is 0.246 e. The summed E-state index contributed by atoms with van der Waals surface area (Å²) in [7, 11) is 0. The molecule has 0 heterocycles. The van der Waals surface area contributed by atoms with E-state index < -0.39 is 28.7 Å². The third-order valence-electron chi connectivity index (χ3n) is 8.74. The SMILES string of the molecule is O=C(COC1CCC(Cl)C(CO)C1)NC12CCC(NC(=O)COC3CCC(Cl)C(F)C3)(CC1)[C@@H](O)C2. The van der Waals surface area contributed by atoms with Gasteiger partial charge in [0.05, 0.1) is 29.2 Å². The van der Waals surface area contributed by atoms with Crippen LogP contribution in [0.15, 0.2) is 0 Å². The van der Waals surface area contributed by atoms with Gasteiger partial charge >= 0.3 is 0 Å². The Kier molecular flexibility index (Phi) is 9.43. The Bertz CT molecular complexity index is 784. The lowest BCUT2D eigenvalue weighted by Crippen LogP contribution is -2.70. The Morgan fingerprint density at radius 3 is 2.06 bits per heavy atom. The van der Waals surface area contributed by atoms with Gasteiger partial charge in [0, 0.05) is 29.9 Å². The van der Waals surface area contributed by atoms with Crippen LogP contribution in [-0.4, -0.2) is 88.2 Å². The summed E-state index contributed by atoms with van der Waals surface area (Å²) in [5.74, 6) is -0.563. The van der Waals surface area contributed by atoms with Gasteiger partial charge in [0.1, 0.15) is 19.4 Å². The first-order chi connectivity index (χ1) is 17.1. The number of rotatable bonds is 9. The molecular formula is C25H39Cl2FN2O6. The highest BCUT2D eigenvalue weighted by molar-refractivity contribution is 6.21. The van der Waals surface area contributed by atoms with Gasteiger partial charge in [-0.05, 0) is 64.2 Å². The molecule has 5 saturated carbocycles. The van der Waals surface area contributed by atoms with Crippen molar-refractivity contribution in [1.82, 2.24) is 10.6 Å². The van der Waals surface area contributed by atoms with Crippen LogP contribution < -0.4 is 10.6 Å². The van der Waals surface area contributed by atoms with Crippen LogP contribution in [0.4, 0.5) is 4.39 Å². The molecule has 7 atom stereocenters. The Labute approximate surface area is 221 Å². The number of hydrogen-bond acceptors (Lipinski definition) is 6. The van der Waals surface area contributed by atoms with E-state index in [-0.39, 0.29) is 61.6 Å². The normalized spacial score (nSPS) is 42.6. The van der Waals surface area contributed by atoms with Crippen LogP contribution in [0, 0.1) is 5.92 Å². The van der Waals surface area contributed by atoms with E-state index in [2.05, 4.69) is 10.6 Å². The quantitative estimate of drug-likeness (QED) is 0.326. The van der Waals surface area contributed by atoms with E-state index in [1.807, 2.05) is 0 Å². The van der Waals surface area contributed by atoms with Crippen LogP contribution in [0.2, 0.25) is 0 Å². The summed E-state index contributed by atoms with van der Waals surface area (Å²) in [5.41, 5.74) is -1.25. The predicted molar refractivity (Wildman–Crippen MR) is 133 cm³/mol. The second-order valence-corrected chi connectivity index (χ2v) is 12.4. The number of aliphatic hydroxyl groups excluding tert-OH is 2. The molecule has 206 valence electrons. The molecule has 5 rings (SSSR count). The molecule has 0 aliphatic heterocycles. The summed E-state index contributed by atoms with van der Waals surface area (Å²) >= 11 is 12.1. The summed E-state index contributed by atoms with van der Waals surface area (Å²) in [5, 5.41) is 25.9. The fourth-order valence-corrected chi connectivity index (χ4v) is 6.95. The summed E-state index contributed by atoms with van der Waals surface area (Å²) in [4.78, 5) is 25.3. The fourth-order valence-electron chi connectivity index (χ4n) is 6.41. The minimum absolute atomic E-state index is 0.0127. The van der Waals surface area contributed by atoms with Gasteiger partial charge in [-0.2, -0.15) is 0 Å². The Balaban J connectivity index is 1.20. The summed E-state index contributed by atoms with van der Waals surface area (Å²) in [6, 6.07) is 0. The van der Waals surface area contributed by atoms with E-state index in [1.165, 1.54) is 0 Å². The van der Waals surface area contributed by atoms with Crippen molar-refractivity contribution in [2.45, 2.75) is 117 Å². The number of alkyl halides is 3. The predicted octanol–water partition coefficient (Wildman–Crippen LogP) is 2.33. The van der Waals surface area contributed by atoms with E-state index in [1.54, 1.807) is 0 Å². The smallest absolute Gasteiger partial charge is 0.246 e. The minimum Gasteiger partial charge on any atom is -0.396 e. The lowest BCUT2D eigenvalue weighted by molar-refractivity contribution is -0.142. The van der Waals surface area contributed by atoms with Gasteiger partial charge in [0.15, 0.2) is 0 Å². The van der Waals surface area contributed by atoms with Crippen molar-refractivity contribution < 1.29 is 33.7 Å². The maximum absolute atomic E-state index is 13.8. The van der Waals surface area contributed by atoms with Crippen LogP contribution in [0.5, 0.6) is 0 Å². The number of nitrogens with one attached hydrogen (secondary N) is 2. The first-order valence-corrected chi connectivity index (χ1v) is 14.1. The molecule has 2 amide bonds. The zero-order valence-electron chi connectivity index (χ0n) is 20.6. The molecule has 4 N–H and O–H groups in total. The van der Waals surface area contributed by atoms with Crippen molar-refractivity contribution in [2.24, 2.45) is 5.92 Å². The summed E-state index contributed by atoms with van der Waals surface area (Å²) in [6.45, 7) is -0.238. The molecular weight excluding hydrogens is 514 g/mol. The highest BCUT2D eigenvalue weighted by atomic mass is 35.5. The molecule has 5 aliphatic rings. The van der Waals surface area contributed by atoms with Crippen LogP contribution >= 0.6 is 23.2 Å². The van der Waals surface area contributed by atoms with Crippen LogP contribution in [0.1, 0.15) is 70.6 Å². The van der Waals surface area contributed by atoms with E-state index in [0.717, 1.165) is 12.8 Å². The highest BCUT2D eigenvalue weighted by Gasteiger charge is 2.55. The molecule has 5 fully saturated rings. The fraction of sp³-hybridized carbons (Fsp3) is 0.920. The zero-order chi connectivity index (χ0) is 25.9. The van der Waals surface area contributed by atoms with Crippen LogP contribution in [-0.2, 0) is 19.1 Å². The van der Waals surface area contributed by atoms with Crippen LogP contribution in [0.25, 0.3) is 0 Å². The van der Waals surface area contributed by atoms with E-state index in [9.17, 15) is 24.2 Å². The second kappa shape index (κ2) is 12.0. The minimum atomic E-state index is -1.13. The Morgan fingerprint density at radius 1 is 0.889 bits per heavy atom. The van der Waals surface area contributed by atoms with Crippen molar-refractivity contribution >= 4 is 35.0 Å². The van der Waals surface area contributed by atoms with Gasteiger partial charge in [-0.1, -0.05) is 0 Å².